The molecule has 2 aromatic carbocycles. The monoisotopic (exact) mass is 338 g/mol. The molecule has 0 saturated heterocycles. The van der Waals surface area contributed by atoms with Crippen molar-refractivity contribution in [2.24, 2.45) is 5.10 Å². The topological polar surface area (TPSA) is 33.6 Å². The Morgan fingerprint density at radius 2 is 2.00 bits per heavy atom. The van der Waals surface area contributed by atoms with Crippen LogP contribution in [0.15, 0.2) is 52.0 Å². The van der Waals surface area contributed by atoms with E-state index in [0.717, 1.165) is 15.7 Å². The van der Waals surface area contributed by atoms with Gasteiger partial charge in [0, 0.05) is 10.6 Å². The predicted octanol–water partition coefficient (Wildman–Crippen LogP) is 4.56. The van der Waals surface area contributed by atoms with Gasteiger partial charge in [0.15, 0.2) is 0 Å². The third-order valence-electron chi connectivity index (χ3n) is 2.41. The largest absolute Gasteiger partial charge is 0.495 e. The van der Waals surface area contributed by atoms with E-state index in [-0.39, 0.29) is 0 Å². The quantitative estimate of drug-likeness (QED) is 0.654. The van der Waals surface area contributed by atoms with Crippen molar-refractivity contribution in [1.29, 1.82) is 0 Å². The molecule has 2 rings (SSSR count). The molecule has 0 amide bonds. The Balaban J connectivity index is 2.19. The van der Waals surface area contributed by atoms with Crippen molar-refractivity contribution in [3.8, 4) is 5.75 Å². The van der Waals surface area contributed by atoms with Gasteiger partial charge in [-0.15, -0.1) is 0 Å². The molecule has 0 unspecified atom stereocenters. The molecule has 0 saturated carbocycles. The van der Waals surface area contributed by atoms with Gasteiger partial charge in [0.05, 0.1) is 23.5 Å². The third kappa shape index (κ3) is 3.72. The Kier molecular flexibility index (Phi) is 4.82. The van der Waals surface area contributed by atoms with E-state index in [0.29, 0.717) is 10.8 Å². The summed E-state index contributed by atoms with van der Waals surface area (Å²) >= 11 is 9.41. The number of anilines is 1. The molecule has 0 aliphatic heterocycles. The molecule has 1 N–H and O–H groups in total. The summed E-state index contributed by atoms with van der Waals surface area (Å²) in [5, 5.41) is 4.79. The average molecular weight is 340 g/mol. The summed E-state index contributed by atoms with van der Waals surface area (Å²) in [6.45, 7) is 0. The zero-order valence-corrected chi connectivity index (χ0v) is 12.6. The van der Waals surface area contributed by atoms with Crippen LogP contribution in [0.5, 0.6) is 5.75 Å². The second kappa shape index (κ2) is 6.59. The Morgan fingerprint density at radius 1 is 1.26 bits per heavy atom. The van der Waals surface area contributed by atoms with E-state index in [9.17, 15) is 0 Å². The zero-order valence-electron chi connectivity index (χ0n) is 10.2. The molecule has 0 radical (unpaired) electrons. The van der Waals surface area contributed by atoms with Gasteiger partial charge in [0.25, 0.3) is 0 Å². The first-order chi connectivity index (χ1) is 9.20. The van der Waals surface area contributed by atoms with Gasteiger partial charge in [-0.3, -0.25) is 5.43 Å². The van der Waals surface area contributed by atoms with Crippen LogP contribution in [0.4, 0.5) is 5.69 Å². The molecule has 0 spiro atoms. The van der Waals surface area contributed by atoms with E-state index in [2.05, 4.69) is 26.5 Å². The molecule has 0 aliphatic carbocycles. The van der Waals surface area contributed by atoms with Gasteiger partial charge in [0.2, 0.25) is 0 Å². The molecule has 0 aromatic heterocycles. The summed E-state index contributed by atoms with van der Waals surface area (Å²) in [6.07, 6.45) is 1.67. The average Bonchev–Trinajstić information content (AvgIpc) is 2.39. The number of nitrogens with one attached hydrogen (secondary N) is 1. The number of methoxy groups -OCH3 is 1. The van der Waals surface area contributed by atoms with Crippen molar-refractivity contribution in [2.45, 2.75) is 0 Å². The van der Waals surface area contributed by atoms with Gasteiger partial charge in [-0.1, -0.05) is 29.8 Å². The maximum absolute atomic E-state index is 6.01. The lowest BCUT2D eigenvalue weighted by atomic mass is 10.2. The summed E-state index contributed by atoms with van der Waals surface area (Å²) < 4.78 is 6.10. The normalized spacial score (nSPS) is 10.7. The van der Waals surface area contributed by atoms with Gasteiger partial charge in [-0.05, 0) is 40.2 Å². The molecule has 0 fully saturated rings. The highest BCUT2D eigenvalue weighted by Gasteiger charge is 2.07. The van der Waals surface area contributed by atoms with Crippen LogP contribution in [0.3, 0.4) is 0 Å². The van der Waals surface area contributed by atoms with Crippen molar-refractivity contribution in [3.05, 3.63) is 57.5 Å². The number of hydrogen-bond donors (Lipinski definition) is 1. The zero-order chi connectivity index (χ0) is 13.7. The van der Waals surface area contributed by atoms with E-state index >= 15 is 0 Å². The van der Waals surface area contributed by atoms with Crippen molar-refractivity contribution >= 4 is 39.4 Å². The molecule has 0 heterocycles. The standard InChI is InChI=1S/C14H12BrClN2O/c1-19-14-10(7-11(16)8-13(14)15)9-17-18-12-5-3-2-4-6-12/h2-9,18H,1H3. The van der Waals surface area contributed by atoms with E-state index in [1.54, 1.807) is 25.5 Å². The summed E-state index contributed by atoms with van der Waals surface area (Å²) in [7, 11) is 1.61. The Morgan fingerprint density at radius 3 is 2.68 bits per heavy atom. The van der Waals surface area contributed by atoms with Crippen LogP contribution in [0.2, 0.25) is 5.02 Å². The highest BCUT2D eigenvalue weighted by Crippen LogP contribution is 2.31. The minimum atomic E-state index is 0.619. The van der Waals surface area contributed by atoms with Crippen molar-refractivity contribution < 1.29 is 4.74 Å². The van der Waals surface area contributed by atoms with Crippen molar-refractivity contribution in [2.75, 3.05) is 12.5 Å². The lowest BCUT2D eigenvalue weighted by Gasteiger charge is -2.07. The number of ether oxygens (including phenoxy) is 1. The minimum Gasteiger partial charge on any atom is -0.495 e. The van der Waals surface area contributed by atoms with E-state index in [1.165, 1.54) is 0 Å². The van der Waals surface area contributed by atoms with E-state index in [4.69, 9.17) is 16.3 Å². The smallest absolute Gasteiger partial charge is 0.141 e. The fourth-order valence-corrected chi connectivity index (χ4v) is 2.58. The van der Waals surface area contributed by atoms with Crippen LogP contribution in [-0.4, -0.2) is 13.3 Å². The summed E-state index contributed by atoms with van der Waals surface area (Å²) in [5.74, 6) is 0.697. The molecule has 2 aromatic rings. The molecule has 5 heteroatoms. The molecular formula is C14H12BrClN2O. The fraction of sp³-hybridized carbons (Fsp3) is 0.0714. The van der Waals surface area contributed by atoms with Crippen LogP contribution in [0.1, 0.15) is 5.56 Å². The highest BCUT2D eigenvalue weighted by atomic mass is 79.9. The molecule has 0 atom stereocenters. The maximum Gasteiger partial charge on any atom is 0.141 e. The second-order valence-electron chi connectivity index (χ2n) is 3.75. The van der Waals surface area contributed by atoms with Crippen molar-refractivity contribution in [1.82, 2.24) is 0 Å². The van der Waals surface area contributed by atoms with Crippen LogP contribution in [-0.2, 0) is 0 Å². The van der Waals surface area contributed by atoms with Gasteiger partial charge < -0.3 is 4.74 Å². The van der Waals surface area contributed by atoms with Gasteiger partial charge in [-0.25, -0.2) is 0 Å². The number of nitrogens with zero attached hydrogens (tertiary/aromatic N) is 1. The van der Waals surface area contributed by atoms with Crippen LogP contribution in [0.25, 0.3) is 0 Å². The van der Waals surface area contributed by atoms with Gasteiger partial charge >= 0.3 is 0 Å². The first-order valence-corrected chi connectivity index (χ1v) is 6.75. The van der Waals surface area contributed by atoms with E-state index in [1.807, 2.05) is 30.3 Å². The van der Waals surface area contributed by atoms with Crippen LogP contribution < -0.4 is 10.2 Å². The number of hydrogen-bond acceptors (Lipinski definition) is 3. The number of para-hydroxylation sites is 1. The minimum absolute atomic E-state index is 0.619. The summed E-state index contributed by atoms with van der Waals surface area (Å²) in [4.78, 5) is 0. The van der Waals surface area contributed by atoms with Crippen LogP contribution in [0, 0.1) is 0 Å². The van der Waals surface area contributed by atoms with Gasteiger partial charge in [0.1, 0.15) is 5.75 Å². The fourth-order valence-electron chi connectivity index (χ4n) is 1.58. The molecule has 0 aliphatic rings. The molecule has 3 nitrogen and oxygen atoms in total. The second-order valence-corrected chi connectivity index (χ2v) is 5.04. The number of halogens is 2. The summed E-state index contributed by atoms with van der Waals surface area (Å²) in [5.41, 5.74) is 4.65. The van der Waals surface area contributed by atoms with Crippen molar-refractivity contribution in [3.63, 3.8) is 0 Å². The lowest BCUT2D eigenvalue weighted by Crippen LogP contribution is -1.95. The highest BCUT2D eigenvalue weighted by molar-refractivity contribution is 9.10. The first kappa shape index (κ1) is 13.9. The first-order valence-electron chi connectivity index (χ1n) is 5.58. The van der Waals surface area contributed by atoms with Crippen LogP contribution >= 0.6 is 27.5 Å². The maximum atomic E-state index is 6.01. The molecule has 98 valence electrons. The Bertz CT molecular complexity index is 587. The number of benzene rings is 2. The van der Waals surface area contributed by atoms with E-state index < -0.39 is 0 Å². The van der Waals surface area contributed by atoms with Gasteiger partial charge in [-0.2, -0.15) is 5.10 Å². The lowest BCUT2D eigenvalue weighted by molar-refractivity contribution is 0.411. The number of hydrazone groups is 1. The molecule has 0 bridgehead atoms. The number of rotatable bonds is 4. The molecular weight excluding hydrogens is 328 g/mol. The predicted molar refractivity (Wildman–Crippen MR) is 83.4 cm³/mol. The SMILES string of the molecule is COc1c(Br)cc(Cl)cc1C=NNc1ccccc1. The third-order valence-corrected chi connectivity index (χ3v) is 3.22. The molecule has 19 heavy (non-hydrogen) atoms. The Hall–Kier alpha value is -1.52. The summed E-state index contributed by atoms with van der Waals surface area (Å²) in [6, 6.07) is 13.3. The Labute approximate surface area is 125 Å².